The quantitative estimate of drug-likeness (QED) is 0.488. The van der Waals surface area contributed by atoms with Gasteiger partial charge in [-0.2, -0.15) is 5.10 Å². The molecule has 9 heteroatoms. The summed E-state index contributed by atoms with van der Waals surface area (Å²) in [5.41, 5.74) is 0.0666. The van der Waals surface area contributed by atoms with E-state index in [4.69, 9.17) is 18.9 Å². The van der Waals surface area contributed by atoms with E-state index in [0.29, 0.717) is 22.6 Å². The average Bonchev–Trinajstić information content (AvgIpc) is 3.14. The second-order valence-electron chi connectivity index (χ2n) is 9.35. The first-order chi connectivity index (χ1) is 16.7. The van der Waals surface area contributed by atoms with Crippen molar-refractivity contribution in [2.45, 2.75) is 44.6 Å². The molecule has 2 aromatic carbocycles. The Balaban J connectivity index is 1.82. The van der Waals surface area contributed by atoms with Crippen LogP contribution < -0.4 is 9.47 Å². The molecular formula is C26H26N2O7. The van der Waals surface area contributed by atoms with Crippen LogP contribution in [0.2, 0.25) is 0 Å². The first kappa shape index (κ1) is 22.9. The minimum Gasteiger partial charge on any atom is -0.493 e. The van der Waals surface area contributed by atoms with Gasteiger partial charge >= 0.3 is 11.9 Å². The average molecular weight is 479 g/mol. The van der Waals surface area contributed by atoms with E-state index in [1.807, 2.05) is 24.3 Å². The van der Waals surface area contributed by atoms with Crippen LogP contribution in [0.4, 0.5) is 0 Å². The van der Waals surface area contributed by atoms with Crippen molar-refractivity contribution < 1.29 is 33.3 Å². The molecule has 3 atom stereocenters. The summed E-state index contributed by atoms with van der Waals surface area (Å²) < 4.78 is 22.2. The highest BCUT2D eigenvalue weighted by Gasteiger charge is 2.74. The lowest BCUT2D eigenvalue weighted by Gasteiger charge is -2.44. The monoisotopic (exact) mass is 478 g/mol. The topological polar surface area (TPSA) is 104 Å². The zero-order valence-corrected chi connectivity index (χ0v) is 20.1. The van der Waals surface area contributed by atoms with E-state index in [-0.39, 0.29) is 5.78 Å². The minimum atomic E-state index is -1.89. The number of benzene rings is 2. The van der Waals surface area contributed by atoms with Gasteiger partial charge in [-0.1, -0.05) is 30.3 Å². The van der Waals surface area contributed by atoms with Crippen LogP contribution in [0.5, 0.6) is 11.5 Å². The Morgan fingerprint density at radius 3 is 2.29 bits per heavy atom. The van der Waals surface area contributed by atoms with Crippen molar-refractivity contribution in [3.05, 3.63) is 59.2 Å². The van der Waals surface area contributed by atoms with Crippen LogP contribution in [-0.4, -0.2) is 55.0 Å². The van der Waals surface area contributed by atoms with Crippen LogP contribution in [0, 0.1) is 5.41 Å². The van der Waals surface area contributed by atoms with Gasteiger partial charge in [0.1, 0.15) is 12.1 Å². The third-order valence-electron chi connectivity index (χ3n) is 6.94. The summed E-state index contributed by atoms with van der Waals surface area (Å²) in [6.07, 6.45) is 1.63. The number of methoxy groups -OCH3 is 2. The van der Waals surface area contributed by atoms with Gasteiger partial charge < -0.3 is 18.9 Å². The van der Waals surface area contributed by atoms with Crippen molar-refractivity contribution in [1.29, 1.82) is 0 Å². The molecule has 0 saturated carbocycles. The number of cyclic esters (lactones) is 2. The number of ether oxygens (including phenoxy) is 4. The summed E-state index contributed by atoms with van der Waals surface area (Å²) in [6, 6.07) is 10.6. The number of nitrogens with zero attached hydrogens (tertiary/aromatic N) is 2. The maximum atomic E-state index is 14.0. The molecule has 0 N–H and O–H groups in total. The standard InChI is InChI=1S/C26H26N2O7/c1-14(29)21-20(15-10-11-18(32-4)19(12-15)33-5)26(23(30)34-25(2,3)35-24(26)31)22-17-9-7-6-8-16(17)13-27-28(21)22/h6-13,20-22H,1-5H3. The summed E-state index contributed by atoms with van der Waals surface area (Å²) in [7, 11) is 3.00. The van der Waals surface area contributed by atoms with Crippen molar-refractivity contribution in [2.24, 2.45) is 10.5 Å². The molecule has 0 bridgehead atoms. The zero-order chi connectivity index (χ0) is 25.1. The maximum absolute atomic E-state index is 14.0. The number of carbonyl (C=O) groups is 3. The number of Topliss-reactive ketones (excluding diaryl/α,β-unsaturated/α-hetero) is 1. The SMILES string of the molecule is COc1ccc(C2C(C(C)=O)N3N=Cc4ccccc4C3C23C(=O)OC(C)(C)OC3=O)cc1OC. The number of ketones is 1. The molecule has 3 heterocycles. The van der Waals surface area contributed by atoms with E-state index in [1.54, 1.807) is 29.4 Å². The zero-order valence-electron chi connectivity index (χ0n) is 20.1. The molecule has 0 aromatic heterocycles. The first-order valence-electron chi connectivity index (χ1n) is 11.3. The number of hydrogen-bond acceptors (Lipinski definition) is 9. The predicted octanol–water partition coefficient (Wildman–Crippen LogP) is 2.97. The van der Waals surface area contributed by atoms with E-state index in [2.05, 4.69) is 5.10 Å². The van der Waals surface area contributed by atoms with Crippen LogP contribution in [0.25, 0.3) is 0 Å². The van der Waals surface area contributed by atoms with Crippen molar-refractivity contribution in [1.82, 2.24) is 5.01 Å². The van der Waals surface area contributed by atoms with Crippen LogP contribution in [-0.2, 0) is 23.9 Å². The lowest BCUT2D eigenvalue weighted by atomic mass is 9.65. The van der Waals surface area contributed by atoms with Crippen LogP contribution >= 0.6 is 0 Å². The molecule has 1 spiro atoms. The summed E-state index contributed by atoms with van der Waals surface area (Å²) in [5.74, 6) is -3.32. The lowest BCUT2D eigenvalue weighted by Crippen LogP contribution is -2.58. The Bertz CT molecular complexity index is 1250. The Morgan fingerprint density at radius 2 is 1.66 bits per heavy atom. The van der Waals surface area contributed by atoms with Gasteiger partial charge in [0, 0.05) is 19.8 Å². The smallest absolute Gasteiger partial charge is 0.330 e. The maximum Gasteiger partial charge on any atom is 0.330 e. The number of fused-ring (bicyclic) bond motifs is 4. The van der Waals surface area contributed by atoms with Crippen LogP contribution in [0.3, 0.4) is 0 Å². The molecule has 5 rings (SSSR count). The number of hydrogen-bond donors (Lipinski definition) is 0. The Hall–Kier alpha value is -3.88. The molecule has 0 amide bonds. The first-order valence-corrected chi connectivity index (χ1v) is 11.3. The molecule has 35 heavy (non-hydrogen) atoms. The lowest BCUT2D eigenvalue weighted by molar-refractivity contribution is -0.254. The van der Waals surface area contributed by atoms with E-state index < -0.39 is 41.1 Å². The Morgan fingerprint density at radius 1 is 1.00 bits per heavy atom. The Labute approximate surface area is 202 Å². The summed E-state index contributed by atoms with van der Waals surface area (Å²) in [5, 5.41) is 6.11. The van der Waals surface area contributed by atoms with Gasteiger partial charge in [0.05, 0.1) is 20.4 Å². The highest BCUT2D eigenvalue weighted by Crippen LogP contribution is 2.62. The predicted molar refractivity (Wildman–Crippen MR) is 124 cm³/mol. The normalized spacial score (nSPS) is 25.4. The van der Waals surface area contributed by atoms with E-state index in [9.17, 15) is 14.4 Å². The third kappa shape index (κ3) is 3.14. The van der Waals surface area contributed by atoms with Crippen molar-refractivity contribution in [3.63, 3.8) is 0 Å². The molecule has 2 saturated heterocycles. The van der Waals surface area contributed by atoms with Gasteiger partial charge in [0.2, 0.25) is 5.41 Å². The van der Waals surface area contributed by atoms with E-state index in [0.717, 1.165) is 5.56 Å². The van der Waals surface area contributed by atoms with E-state index >= 15 is 0 Å². The highest BCUT2D eigenvalue weighted by atomic mass is 16.7. The van der Waals surface area contributed by atoms with Gasteiger partial charge in [0.15, 0.2) is 17.3 Å². The fraction of sp³-hybridized carbons (Fsp3) is 0.385. The fourth-order valence-electron chi connectivity index (χ4n) is 5.58. The van der Waals surface area contributed by atoms with Gasteiger partial charge in [-0.05, 0) is 35.7 Å². The number of carbonyl (C=O) groups excluding carboxylic acids is 3. The van der Waals surface area contributed by atoms with Gasteiger partial charge in [-0.3, -0.25) is 19.4 Å². The molecule has 182 valence electrons. The second kappa shape index (κ2) is 7.83. The minimum absolute atomic E-state index is 0.256. The van der Waals surface area contributed by atoms with Crippen molar-refractivity contribution >= 4 is 23.9 Å². The Kier molecular flexibility index (Phi) is 5.12. The third-order valence-corrected chi connectivity index (χ3v) is 6.94. The molecule has 3 unspecified atom stereocenters. The molecular weight excluding hydrogens is 452 g/mol. The largest absolute Gasteiger partial charge is 0.493 e. The fourth-order valence-corrected chi connectivity index (χ4v) is 5.58. The summed E-state index contributed by atoms with van der Waals surface area (Å²) in [6.45, 7) is 4.43. The highest BCUT2D eigenvalue weighted by molar-refractivity contribution is 6.07. The second-order valence-corrected chi connectivity index (χ2v) is 9.35. The van der Waals surface area contributed by atoms with E-state index in [1.165, 1.54) is 35.0 Å². The van der Waals surface area contributed by atoms with Gasteiger partial charge in [-0.15, -0.1) is 0 Å². The number of esters is 2. The molecule has 3 aliphatic heterocycles. The number of hydrazone groups is 1. The molecule has 3 aliphatic rings. The molecule has 9 nitrogen and oxygen atoms in total. The number of rotatable bonds is 4. The molecule has 2 aromatic rings. The summed E-state index contributed by atoms with van der Waals surface area (Å²) in [4.78, 5) is 41.1. The van der Waals surface area contributed by atoms with Crippen LogP contribution in [0.1, 0.15) is 49.4 Å². The van der Waals surface area contributed by atoms with Gasteiger partial charge in [-0.25, -0.2) is 0 Å². The summed E-state index contributed by atoms with van der Waals surface area (Å²) >= 11 is 0. The molecule has 2 fully saturated rings. The molecule has 0 aliphatic carbocycles. The van der Waals surface area contributed by atoms with Crippen molar-refractivity contribution in [2.75, 3.05) is 14.2 Å². The van der Waals surface area contributed by atoms with Crippen LogP contribution in [0.15, 0.2) is 47.6 Å². The molecule has 0 radical (unpaired) electrons. The van der Waals surface area contributed by atoms with Crippen molar-refractivity contribution in [3.8, 4) is 11.5 Å². The van der Waals surface area contributed by atoms with Gasteiger partial charge in [0.25, 0.3) is 5.79 Å².